The largest absolute Gasteiger partial charge is 0.465 e. The van der Waals surface area contributed by atoms with Crippen LogP contribution in [0, 0.1) is 0 Å². The van der Waals surface area contributed by atoms with Crippen molar-refractivity contribution in [2.24, 2.45) is 0 Å². The van der Waals surface area contributed by atoms with Crippen molar-refractivity contribution in [1.29, 1.82) is 0 Å². The van der Waals surface area contributed by atoms with E-state index in [1.54, 1.807) is 12.2 Å². The topological polar surface area (TPSA) is 52.6 Å². The van der Waals surface area contributed by atoms with Gasteiger partial charge < -0.3 is 9.47 Å². The van der Waals surface area contributed by atoms with Crippen LogP contribution < -0.4 is 0 Å². The molecule has 0 aliphatic heterocycles. The lowest BCUT2D eigenvalue weighted by Gasteiger charge is -2.05. The molecule has 0 aliphatic carbocycles. The summed E-state index contributed by atoms with van der Waals surface area (Å²) in [6, 6.07) is 0. The van der Waals surface area contributed by atoms with E-state index in [1.165, 1.54) is 205 Å². The highest BCUT2D eigenvalue weighted by Crippen LogP contribution is 2.16. The van der Waals surface area contributed by atoms with E-state index in [2.05, 4.69) is 13.8 Å². The van der Waals surface area contributed by atoms with Gasteiger partial charge in [-0.15, -0.1) is 0 Å². The third-order valence-electron chi connectivity index (χ3n) is 10.3. The van der Waals surface area contributed by atoms with Gasteiger partial charge in [0.2, 0.25) is 0 Å². The maximum atomic E-state index is 11.9. The van der Waals surface area contributed by atoms with Crippen molar-refractivity contribution in [3.05, 3.63) is 12.2 Å². The maximum absolute atomic E-state index is 11.9. The van der Waals surface area contributed by atoms with E-state index in [4.69, 9.17) is 9.47 Å². The lowest BCUT2D eigenvalue weighted by molar-refractivity contribution is -0.144. The predicted octanol–water partition coefficient (Wildman–Crippen LogP) is 15.5. The summed E-state index contributed by atoms with van der Waals surface area (Å²) in [5.41, 5.74) is 0. The zero-order valence-electron chi connectivity index (χ0n) is 34.1. The lowest BCUT2D eigenvalue weighted by atomic mass is 10.0. The molecule has 0 saturated heterocycles. The molecule has 0 radical (unpaired) electrons. The summed E-state index contributed by atoms with van der Waals surface area (Å²) in [5.74, 6) is -0.416. The molecule has 0 rings (SSSR count). The molecule has 4 nitrogen and oxygen atoms in total. The fourth-order valence-corrected chi connectivity index (χ4v) is 6.86. The lowest BCUT2D eigenvalue weighted by Crippen LogP contribution is -2.05. The number of hydrogen-bond acceptors (Lipinski definition) is 4. The van der Waals surface area contributed by atoms with Gasteiger partial charge in [0.15, 0.2) is 0 Å². The number of rotatable bonds is 42. The Morgan fingerprint density at radius 2 is 0.480 bits per heavy atom. The highest BCUT2D eigenvalue weighted by atomic mass is 16.5. The van der Waals surface area contributed by atoms with Crippen LogP contribution in [-0.4, -0.2) is 25.2 Å². The number of carbonyl (C=O) groups excluding carboxylic acids is 2. The fraction of sp³-hybridized carbons (Fsp3) is 0.913. The summed E-state index contributed by atoms with van der Waals surface area (Å²) in [4.78, 5) is 23.9. The molecule has 50 heavy (non-hydrogen) atoms. The molecule has 0 heterocycles. The van der Waals surface area contributed by atoms with Crippen LogP contribution in [0.25, 0.3) is 0 Å². The second kappa shape index (κ2) is 43.8. The minimum atomic E-state index is -0.208. The van der Waals surface area contributed by atoms with Gasteiger partial charge in [0.1, 0.15) is 0 Å². The molecule has 0 spiro atoms. The monoisotopic (exact) mass is 705 g/mol. The fourth-order valence-electron chi connectivity index (χ4n) is 6.86. The van der Waals surface area contributed by atoms with E-state index in [0.29, 0.717) is 13.2 Å². The Kier molecular flexibility index (Phi) is 42.7. The molecule has 0 aromatic heterocycles. The van der Waals surface area contributed by atoms with Gasteiger partial charge in [0.25, 0.3) is 0 Å². The van der Waals surface area contributed by atoms with Gasteiger partial charge in [-0.05, 0) is 12.8 Å². The molecule has 296 valence electrons. The average Bonchev–Trinajstić information content (AvgIpc) is 3.12. The first-order valence-electron chi connectivity index (χ1n) is 22.7. The van der Waals surface area contributed by atoms with Gasteiger partial charge in [0.05, 0.1) is 26.1 Å². The SMILES string of the molecule is CCCCCCCCCCCCCCCCCCCCOC(=O)CC=CCC(=O)OCCCCCCCCCCCCCCCCCCCC. The molecule has 0 N–H and O–H groups in total. The second-order valence-electron chi connectivity index (χ2n) is 15.3. The Bertz CT molecular complexity index is 644. The first kappa shape index (κ1) is 48.7. The zero-order valence-corrected chi connectivity index (χ0v) is 34.1. The van der Waals surface area contributed by atoms with Crippen LogP contribution in [-0.2, 0) is 19.1 Å². The van der Waals surface area contributed by atoms with Gasteiger partial charge in [-0.1, -0.05) is 244 Å². The van der Waals surface area contributed by atoms with Crippen LogP contribution >= 0.6 is 0 Å². The van der Waals surface area contributed by atoms with Gasteiger partial charge in [-0.25, -0.2) is 0 Å². The standard InChI is InChI=1S/C46H88O4/c1-3-5-7-9-11-13-15-17-19-21-23-25-27-29-31-33-35-39-43-49-45(47)41-37-38-42-46(48)50-44-40-36-34-32-30-28-26-24-22-20-18-16-14-12-10-8-6-4-2/h37-38H,3-36,39-44H2,1-2H3. The number of esters is 2. The Balaban J connectivity index is 3.30. The number of unbranched alkanes of at least 4 members (excludes halogenated alkanes) is 34. The van der Waals surface area contributed by atoms with Gasteiger partial charge in [-0.3, -0.25) is 9.59 Å². The first-order chi connectivity index (χ1) is 24.7. The number of hydrogen-bond donors (Lipinski definition) is 0. The van der Waals surface area contributed by atoms with E-state index >= 15 is 0 Å². The summed E-state index contributed by atoms with van der Waals surface area (Å²) in [6.45, 7) is 5.59. The highest BCUT2D eigenvalue weighted by molar-refractivity contribution is 5.73. The van der Waals surface area contributed by atoms with E-state index in [0.717, 1.165) is 25.7 Å². The van der Waals surface area contributed by atoms with Crippen molar-refractivity contribution in [2.45, 2.75) is 258 Å². The molecule has 0 bridgehead atoms. The van der Waals surface area contributed by atoms with Gasteiger partial charge in [-0.2, -0.15) is 0 Å². The molecule has 0 aliphatic rings. The molecule has 0 aromatic carbocycles. The maximum Gasteiger partial charge on any atom is 0.309 e. The average molecular weight is 705 g/mol. The van der Waals surface area contributed by atoms with Crippen LogP contribution in [0.4, 0.5) is 0 Å². The molecule has 0 aromatic rings. The first-order valence-corrected chi connectivity index (χ1v) is 22.7. The van der Waals surface area contributed by atoms with E-state index < -0.39 is 0 Å². The summed E-state index contributed by atoms with van der Waals surface area (Å²) < 4.78 is 10.7. The minimum absolute atomic E-state index is 0.208. The Morgan fingerprint density at radius 1 is 0.300 bits per heavy atom. The molecule has 0 saturated carbocycles. The summed E-state index contributed by atoms with van der Waals surface area (Å²) in [7, 11) is 0. The second-order valence-corrected chi connectivity index (χ2v) is 15.3. The van der Waals surface area contributed by atoms with Crippen molar-refractivity contribution in [3.63, 3.8) is 0 Å². The molecule has 0 amide bonds. The van der Waals surface area contributed by atoms with Gasteiger partial charge >= 0.3 is 11.9 Å². The van der Waals surface area contributed by atoms with Crippen LogP contribution in [0.5, 0.6) is 0 Å². The van der Waals surface area contributed by atoms with E-state index in [-0.39, 0.29) is 24.8 Å². The van der Waals surface area contributed by atoms with Crippen molar-refractivity contribution in [1.82, 2.24) is 0 Å². The minimum Gasteiger partial charge on any atom is -0.465 e. The van der Waals surface area contributed by atoms with Crippen LogP contribution in [0.2, 0.25) is 0 Å². The molecular weight excluding hydrogens is 617 g/mol. The predicted molar refractivity (Wildman–Crippen MR) is 218 cm³/mol. The van der Waals surface area contributed by atoms with Gasteiger partial charge in [0, 0.05) is 0 Å². The number of carbonyl (C=O) groups is 2. The Morgan fingerprint density at radius 3 is 0.680 bits per heavy atom. The van der Waals surface area contributed by atoms with E-state index in [1.807, 2.05) is 0 Å². The molecule has 0 unspecified atom stereocenters. The highest BCUT2D eigenvalue weighted by Gasteiger charge is 2.03. The normalized spacial score (nSPS) is 11.5. The summed E-state index contributed by atoms with van der Waals surface area (Å²) in [5, 5.41) is 0. The van der Waals surface area contributed by atoms with Crippen molar-refractivity contribution in [2.75, 3.05) is 13.2 Å². The Hall–Kier alpha value is -1.32. The third kappa shape index (κ3) is 42.8. The van der Waals surface area contributed by atoms with E-state index in [9.17, 15) is 9.59 Å². The van der Waals surface area contributed by atoms with Crippen LogP contribution in [0.15, 0.2) is 12.2 Å². The molecule has 0 fully saturated rings. The van der Waals surface area contributed by atoms with Crippen LogP contribution in [0.3, 0.4) is 0 Å². The molecular formula is C46H88O4. The molecule has 0 atom stereocenters. The van der Waals surface area contributed by atoms with Crippen molar-refractivity contribution in [3.8, 4) is 0 Å². The quantitative estimate of drug-likeness (QED) is 0.0360. The van der Waals surface area contributed by atoms with Crippen molar-refractivity contribution < 1.29 is 19.1 Å². The number of ether oxygens (including phenoxy) is 2. The molecule has 4 heteroatoms. The third-order valence-corrected chi connectivity index (χ3v) is 10.3. The summed E-state index contributed by atoms with van der Waals surface area (Å²) >= 11 is 0. The zero-order chi connectivity index (χ0) is 36.3. The van der Waals surface area contributed by atoms with Crippen molar-refractivity contribution >= 4 is 11.9 Å². The smallest absolute Gasteiger partial charge is 0.309 e. The van der Waals surface area contributed by atoms with Crippen LogP contribution in [0.1, 0.15) is 258 Å². The summed E-state index contributed by atoms with van der Waals surface area (Å²) in [6.07, 6.45) is 52.6. The Labute approximate surface area is 313 Å².